The van der Waals surface area contributed by atoms with E-state index < -0.39 is 0 Å². The average molecular weight is 289 g/mol. The molecule has 0 radical (unpaired) electrons. The number of aromatic nitrogens is 1. The summed E-state index contributed by atoms with van der Waals surface area (Å²) in [7, 11) is 1.44. The maximum Gasteiger partial charge on any atom is 0.308 e. The van der Waals surface area contributed by atoms with Crippen molar-refractivity contribution in [2.75, 3.05) is 7.11 Å². The van der Waals surface area contributed by atoms with Gasteiger partial charge in [0, 0.05) is 0 Å². The maximum atomic E-state index is 11.5. The third-order valence-corrected chi connectivity index (χ3v) is 3.99. The van der Waals surface area contributed by atoms with E-state index in [1.54, 1.807) is 0 Å². The smallest absolute Gasteiger partial charge is 0.308 e. The first-order valence-electron chi connectivity index (χ1n) is 7.30. The number of rotatable bonds is 4. The van der Waals surface area contributed by atoms with Crippen LogP contribution in [0.4, 0.5) is 0 Å². The maximum absolute atomic E-state index is 11.5. The molecule has 0 saturated heterocycles. The lowest BCUT2D eigenvalue weighted by molar-refractivity contribution is -0.147. The van der Waals surface area contributed by atoms with Gasteiger partial charge in [-0.1, -0.05) is 12.1 Å². The van der Waals surface area contributed by atoms with Crippen molar-refractivity contribution in [1.82, 2.24) is 4.98 Å². The number of hydrogen-bond donors (Lipinski definition) is 0. The number of oxazole rings is 1. The van der Waals surface area contributed by atoms with Crippen LogP contribution in [0.15, 0.2) is 28.7 Å². The summed E-state index contributed by atoms with van der Waals surface area (Å²) in [4.78, 5) is 15.9. The van der Waals surface area contributed by atoms with Crippen LogP contribution >= 0.6 is 0 Å². The normalized spacial score (nSPS) is 22.3. The highest BCUT2D eigenvalue weighted by molar-refractivity contribution is 5.72. The first-order valence-corrected chi connectivity index (χ1v) is 7.30. The Morgan fingerprint density at radius 3 is 2.76 bits per heavy atom. The molecule has 2 aromatic rings. The average Bonchev–Trinajstić information content (AvgIpc) is 2.95. The Labute approximate surface area is 123 Å². The molecule has 5 nitrogen and oxygen atoms in total. The fourth-order valence-corrected chi connectivity index (χ4v) is 2.80. The van der Waals surface area contributed by atoms with E-state index in [4.69, 9.17) is 13.9 Å². The zero-order valence-electron chi connectivity index (χ0n) is 12.1. The van der Waals surface area contributed by atoms with E-state index in [9.17, 15) is 4.79 Å². The van der Waals surface area contributed by atoms with Crippen LogP contribution in [0.3, 0.4) is 0 Å². The van der Waals surface area contributed by atoms with Gasteiger partial charge in [-0.25, -0.2) is 4.98 Å². The minimum absolute atomic E-state index is 0.0270. The molecule has 1 aromatic carbocycles. The predicted molar refractivity (Wildman–Crippen MR) is 76.6 cm³/mol. The first-order chi connectivity index (χ1) is 10.3. The Kier molecular flexibility index (Phi) is 4.20. The van der Waals surface area contributed by atoms with Crippen molar-refractivity contribution in [2.45, 2.75) is 38.4 Å². The van der Waals surface area contributed by atoms with Gasteiger partial charge in [0.15, 0.2) is 5.58 Å². The summed E-state index contributed by atoms with van der Waals surface area (Å²) in [6, 6.07) is 7.67. The molecule has 0 aliphatic heterocycles. The number of carbonyl (C=O) groups excluding carboxylic acids is 1. The number of benzene rings is 1. The monoisotopic (exact) mass is 289 g/mol. The molecule has 21 heavy (non-hydrogen) atoms. The van der Waals surface area contributed by atoms with Gasteiger partial charge in [-0.15, -0.1) is 0 Å². The van der Waals surface area contributed by atoms with Crippen LogP contribution in [0.25, 0.3) is 11.1 Å². The van der Waals surface area contributed by atoms with E-state index in [1.165, 1.54) is 7.11 Å². The molecule has 0 spiro atoms. The molecule has 1 aromatic heterocycles. The summed E-state index contributed by atoms with van der Waals surface area (Å²) >= 11 is 0. The zero-order valence-corrected chi connectivity index (χ0v) is 12.1. The van der Waals surface area contributed by atoms with Gasteiger partial charge in [-0.05, 0) is 37.8 Å². The van der Waals surface area contributed by atoms with Crippen LogP contribution in [0.1, 0.15) is 31.6 Å². The van der Waals surface area contributed by atoms with Gasteiger partial charge in [0.05, 0.1) is 19.1 Å². The quantitative estimate of drug-likeness (QED) is 0.809. The molecule has 1 fully saturated rings. The van der Waals surface area contributed by atoms with Crippen LogP contribution in [0.5, 0.6) is 0 Å². The van der Waals surface area contributed by atoms with Gasteiger partial charge in [-0.3, -0.25) is 4.79 Å². The minimum Gasteiger partial charge on any atom is -0.469 e. The van der Waals surface area contributed by atoms with Crippen molar-refractivity contribution in [2.24, 2.45) is 5.92 Å². The van der Waals surface area contributed by atoms with Crippen molar-refractivity contribution < 1.29 is 18.7 Å². The Morgan fingerprint density at radius 2 is 2.05 bits per heavy atom. The van der Waals surface area contributed by atoms with E-state index >= 15 is 0 Å². The number of fused-ring (bicyclic) bond motifs is 1. The molecule has 0 amide bonds. The standard InChI is InChI=1S/C16H19NO4/c1-19-16(18)11-6-8-12(9-7-11)20-10-15-17-13-4-2-3-5-14(13)21-15/h2-5,11-12H,6-10H2,1H3. The van der Waals surface area contributed by atoms with Crippen LogP contribution in [-0.2, 0) is 20.9 Å². The number of carbonyl (C=O) groups is 1. The van der Waals surface area contributed by atoms with Gasteiger partial charge < -0.3 is 13.9 Å². The molecule has 1 saturated carbocycles. The summed E-state index contributed by atoms with van der Waals surface area (Å²) in [6.45, 7) is 0.377. The Balaban J connectivity index is 1.51. The number of nitrogens with zero attached hydrogens (tertiary/aromatic N) is 1. The predicted octanol–water partition coefficient (Wildman–Crippen LogP) is 3.08. The lowest BCUT2D eigenvalue weighted by Crippen LogP contribution is -2.26. The molecule has 0 N–H and O–H groups in total. The summed E-state index contributed by atoms with van der Waals surface area (Å²) in [5.41, 5.74) is 1.64. The van der Waals surface area contributed by atoms with Gasteiger partial charge in [0.25, 0.3) is 0 Å². The molecule has 1 aliphatic rings. The lowest BCUT2D eigenvalue weighted by atomic mass is 9.87. The van der Waals surface area contributed by atoms with Crippen LogP contribution < -0.4 is 0 Å². The topological polar surface area (TPSA) is 61.6 Å². The van der Waals surface area contributed by atoms with Gasteiger partial charge in [-0.2, -0.15) is 0 Å². The molecule has 1 heterocycles. The molecular weight excluding hydrogens is 270 g/mol. The highest BCUT2D eigenvalue weighted by Gasteiger charge is 2.27. The van der Waals surface area contributed by atoms with Gasteiger partial charge >= 0.3 is 5.97 Å². The molecule has 112 valence electrons. The Bertz CT molecular complexity index is 581. The summed E-state index contributed by atoms with van der Waals surface area (Å²) in [6.07, 6.45) is 3.57. The highest BCUT2D eigenvalue weighted by atomic mass is 16.5. The number of esters is 1. The van der Waals surface area contributed by atoms with Gasteiger partial charge in [0.2, 0.25) is 5.89 Å². The SMILES string of the molecule is COC(=O)C1CCC(OCc2nc3ccccc3o2)CC1. The largest absolute Gasteiger partial charge is 0.469 e. The summed E-state index contributed by atoms with van der Waals surface area (Å²) in [5.74, 6) is 0.526. The van der Waals surface area contributed by atoms with Crippen molar-refractivity contribution in [1.29, 1.82) is 0 Å². The molecule has 3 rings (SSSR count). The second kappa shape index (κ2) is 6.26. The zero-order chi connectivity index (χ0) is 14.7. The molecule has 0 unspecified atom stereocenters. The van der Waals surface area contributed by atoms with E-state index in [2.05, 4.69) is 4.98 Å². The molecule has 0 atom stereocenters. The molecule has 5 heteroatoms. The molecule has 0 bridgehead atoms. The Hall–Kier alpha value is -1.88. The summed E-state index contributed by atoms with van der Waals surface area (Å²) < 4.78 is 16.3. The van der Waals surface area contributed by atoms with Crippen molar-refractivity contribution in [3.8, 4) is 0 Å². The van der Waals surface area contributed by atoms with Gasteiger partial charge in [0.1, 0.15) is 12.1 Å². The second-order valence-electron chi connectivity index (χ2n) is 5.38. The van der Waals surface area contributed by atoms with E-state index in [1.807, 2.05) is 24.3 Å². The van der Waals surface area contributed by atoms with Crippen LogP contribution in [-0.4, -0.2) is 24.2 Å². The summed E-state index contributed by atoms with van der Waals surface area (Å²) in [5, 5.41) is 0. The number of para-hydroxylation sites is 2. The highest BCUT2D eigenvalue weighted by Crippen LogP contribution is 2.27. The number of hydrogen-bond acceptors (Lipinski definition) is 5. The first kappa shape index (κ1) is 14.1. The molecular formula is C16H19NO4. The lowest BCUT2D eigenvalue weighted by Gasteiger charge is -2.26. The fourth-order valence-electron chi connectivity index (χ4n) is 2.80. The molecule has 1 aliphatic carbocycles. The van der Waals surface area contributed by atoms with E-state index in [-0.39, 0.29) is 18.0 Å². The fraction of sp³-hybridized carbons (Fsp3) is 0.500. The minimum atomic E-state index is -0.104. The Morgan fingerprint density at radius 1 is 1.29 bits per heavy atom. The van der Waals surface area contributed by atoms with Crippen molar-refractivity contribution in [3.63, 3.8) is 0 Å². The third-order valence-electron chi connectivity index (χ3n) is 3.99. The van der Waals surface area contributed by atoms with Crippen molar-refractivity contribution >= 4 is 17.1 Å². The second-order valence-corrected chi connectivity index (χ2v) is 5.38. The number of ether oxygens (including phenoxy) is 2. The van der Waals surface area contributed by atoms with E-state index in [0.29, 0.717) is 12.5 Å². The third kappa shape index (κ3) is 3.24. The number of methoxy groups -OCH3 is 1. The van der Waals surface area contributed by atoms with Crippen LogP contribution in [0, 0.1) is 5.92 Å². The van der Waals surface area contributed by atoms with E-state index in [0.717, 1.165) is 36.8 Å². The van der Waals surface area contributed by atoms with Crippen molar-refractivity contribution in [3.05, 3.63) is 30.2 Å². The van der Waals surface area contributed by atoms with Crippen LogP contribution in [0.2, 0.25) is 0 Å².